The predicted octanol–water partition coefficient (Wildman–Crippen LogP) is 2.27. The second-order valence-corrected chi connectivity index (χ2v) is 7.44. The molecule has 18 heavy (non-hydrogen) atoms. The molecule has 0 saturated carbocycles. The van der Waals surface area contributed by atoms with E-state index in [0.29, 0.717) is 23.6 Å². The summed E-state index contributed by atoms with van der Waals surface area (Å²) in [4.78, 5) is 11.9. The highest BCUT2D eigenvalue weighted by atomic mass is 32.2. The molecule has 0 aromatic carbocycles. The van der Waals surface area contributed by atoms with Crippen LogP contribution in [0.2, 0.25) is 0 Å². The summed E-state index contributed by atoms with van der Waals surface area (Å²) in [5.41, 5.74) is 0. The first-order valence-electron chi connectivity index (χ1n) is 6.15. The fourth-order valence-electron chi connectivity index (χ4n) is 2.28. The SMILES string of the molecule is CCC(=O)[C@@H]1CCCCN1S(=O)(=O)c1cccs1. The summed E-state index contributed by atoms with van der Waals surface area (Å²) in [5, 5.41) is 1.74. The third kappa shape index (κ3) is 2.50. The smallest absolute Gasteiger partial charge is 0.253 e. The first-order valence-corrected chi connectivity index (χ1v) is 8.47. The van der Waals surface area contributed by atoms with Gasteiger partial charge in [0.15, 0.2) is 5.78 Å². The van der Waals surface area contributed by atoms with E-state index >= 15 is 0 Å². The van der Waals surface area contributed by atoms with Crippen LogP contribution in [0.5, 0.6) is 0 Å². The second-order valence-electron chi connectivity index (χ2n) is 4.38. The predicted molar refractivity (Wildman–Crippen MR) is 71.1 cm³/mol. The Hall–Kier alpha value is -0.720. The number of hydrogen-bond acceptors (Lipinski definition) is 4. The first-order chi connectivity index (χ1) is 8.57. The highest BCUT2D eigenvalue weighted by molar-refractivity contribution is 7.91. The van der Waals surface area contributed by atoms with Gasteiger partial charge in [0.05, 0.1) is 6.04 Å². The molecule has 0 bridgehead atoms. The van der Waals surface area contributed by atoms with E-state index < -0.39 is 16.1 Å². The van der Waals surface area contributed by atoms with Gasteiger partial charge in [-0.15, -0.1) is 11.3 Å². The summed E-state index contributed by atoms with van der Waals surface area (Å²) in [6.45, 7) is 2.24. The molecule has 0 spiro atoms. The van der Waals surface area contributed by atoms with Crippen molar-refractivity contribution < 1.29 is 13.2 Å². The van der Waals surface area contributed by atoms with Gasteiger partial charge in [0.1, 0.15) is 4.21 Å². The van der Waals surface area contributed by atoms with Crippen molar-refractivity contribution in [1.82, 2.24) is 4.31 Å². The summed E-state index contributed by atoms with van der Waals surface area (Å²) < 4.78 is 26.7. The Bertz CT molecular complexity index is 507. The van der Waals surface area contributed by atoms with Crippen LogP contribution in [-0.2, 0) is 14.8 Å². The second kappa shape index (κ2) is 5.50. The van der Waals surface area contributed by atoms with Crippen molar-refractivity contribution in [2.75, 3.05) is 6.54 Å². The number of piperidine rings is 1. The van der Waals surface area contributed by atoms with Crippen LogP contribution < -0.4 is 0 Å². The maximum absolute atomic E-state index is 12.5. The molecule has 1 aliphatic heterocycles. The van der Waals surface area contributed by atoms with Crippen molar-refractivity contribution in [3.05, 3.63) is 17.5 Å². The average Bonchev–Trinajstić information content (AvgIpc) is 2.92. The maximum atomic E-state index is 12.5. The van der Waals surface area contributed by atoms with Crippen LogP contribution >= 0.6 is 11.3 Å². The zero-order chi connectivity index (χ0) is 13.2. The molecule has 6 heteroatoms. The summed E-state index contributed by atoms with van der Waals surface area (Å²) in [5.74, 6) is 0.0230. The van der Waals surface area contributed by atoms with Gasteiger partial charge >= 0.3 is 0 Å². The minimum absolute atomic E-state index is 0.0230. The summed E-state index contributed by atoms with van der Waals surface area (Å²) in [6, 6.07) is 2.86. The monoisotopic (exact) mass is 287 g/mol. The number of carbonyl (C=O) groups is 1. The first kappa shape index (κ1) is 13.7. The van der Waals surface area contributed by atoms with Crippen LogP contribution in [0.25, 0.3) is 0 Å². The Morgan fingerprint density at radius 1 is 1.50 bits per heavy atom. The number of rotatable bonds is 4. The number of nitrogens with zero attached hydrogens (tertiary/aromatic N) is 1. The molecule has 1 atom stereocenters. The fourth-order valence-corrected chi connectivity index (χ4v) is 5.07. The lowest BCUT2D eigenvalue weighted by molar-refractivity contribution is -0.123. The molecular formula is C12H17NO3S2. The Morgan fingerprint density at radius 3 is 2.89 bits per heavy atom. The van der Waals surface area contributed by atoms with E-state index in [2.05, 4.69) is 0 Å². The summed E-state index contributed by atoms with van der Waals surface area (Å²) in [6.07, 6.45) is 2.80. The van der Waals surface area contributed by atoms with Gasteiger partial charge in [0, 0.05) is 13.0 Å². The van der Waals surface area contributed by atoms with Crippen LogP contribution in [-0.4, -0.2) is 31.1 Å². The molecule has 0 N–H and O–H groups in total. The van der Waals surface area contributed by atoms with Crippen LogP contribution in [0.4, 0.5) is 0 Å². The average molecular weight is 287 g/mol. The fraction of sp³-hybridized carbons (Fsp3) is 0.583. The molecule has 1 aliphatic rings. The van der Waals surface area contributed by atoms with Crippen molar-refractivity contribution >= 4 is 27.1 Å². The number of sulfonamides is 1. The molecule has 2 heterocycles. The maximum Gasteiger partial charge on any atom is 0.253 e. The van der Waals surface area contributed by atoms with Gasteiger partial charge in [0.25, 0.3) is 10.0 Å². The van der Waals surface area contributed by atoms with Gasteiger partial charge in [0.2, 0.25) is 0 Å². The topological polar surface area (TPSA) is 54.5 Å². The third-order valence-electron chi connectivity index (χ3n) is 3.23. The van der Waals surface area contributed by atoms with Gasteiger partial charge in [-0.3, -0.25) is 4.79 Å². The van der Waals surface area contributed by atoms with Gasteiger partial charge in [-0.1, -0.05) is 19.4 Å². The van der Waals surface area contributed by atoms with Crippen molar-refractivity contribution in [3.8, 4) is 0 Å². The largest absolute Gasteiger partial charge is 0.298 e. The Kier molecular flexibility index (Phi) is 4.19. The number of ketones is 1. The number of hydrogen-bond donors (Lipinski definition) is 0. The van der Waals surface area contributed by atoms with E-state index in [1.165, 1.54) is 15.6 Å². The van der Waals surface area contributed by atoms with Gasteiger partial charge in [-0.25, -0.2) is 8.42 Å². The Morgan fingerprint density at radius 2 is 2.28 bits per heavy atom. The summed E-state index contributed by atoms with van der Waals surface area (Å²) in [7, 11) is -3.49. The highest BCUT2D eigenvalue weighted by Crippen LogP contribution is 2.28. The van der Waals surface area contributed by atoms with Gasteiger partial charge in [-0.2, -0.15) is 4.31 Å². The molecule has 1 fully saturated rings. The molecule has 0 aliphatic carbocycles. The Labute approximate surface area is 112 Å². The lowest BCUT2D eigenvalue weighted by Gasteiger charge is -2.33. The molecule has 100 valence electrons. The third-order valence-corrected chi connectivity index (χ3v) is 6.51. The van der Waals surface area contributed by atoms with Gasteiger partial charge < -0.3 is 0 Å². The molecule has 1 saturated heterocycles. The van der Waals surface area contributed by atoms with E-state index in [-0.39, 0.29) is 5.78 Å². The number of Topliss-reactive ketones (excluding diaryl/α,β-unsaturated/α-hetero) is 1. The molecule has 2 rings (SSSR count). The van der Waals surface area contributed by atoms with Crippen molar-refractivity contribution in [1.29, 1.82) is 0 Å². The normalized spacial score (nSPS) is 21.9. The minimum Gasteiger partial charge on any atom is -0.298 e. The van der Waals surface area contributed by atoms with Crippen molar-refractivity contribution in [2.45, 2.75) is 42.9 Å². The van der Waals surface area contributed by atoms with E-state index in [0.717, 1.165) is 12.8 Å². The lowest BCUT2D eigenvalue weighted by Crippen LogP contribution is -2.47. The van der Waals surface area contributed by atoms with Crippen molar-refractivity contribution in [2.24, 2.45) is 0 Å². The molecule has 0 radical (unpaired) electrons. The quantitative estimate of drug-likeness (QED) is 0.853. The molecule has 4 nitrogen and oxygen atoms in total. The zero-order valence-electron chi connectivity index (χ0n) is 10.3. The van der Waals surface area contributed by atoms with Crippen LogP contribution in [0.3, 0.4) is 0 Å². The van der Waals surface area contributed by atoms with Crippen LogP contribution in [0.1, 0.15) is 32.6 Å². The molecule has 1 aromatic heterocycles. The van der Waals surface area contributed by atoms with E-state index in [1.54, 1.807) is 24.4 Å². The lowest BCUT2D eigenvalue weighted by atomic mass is 10.00. The number of carbonyl (C=O) groups excluding carboxylic acids is 1. The van der Waals surface area contributed by atoms with Crippen LogP contribution in [0.15, 0.2) is 21.7 Å². The highest BCUT2D eigenvalue weighted by Gasteiger charge is 2.36. The van der Waals surface area contributed by atoms with Gasteiger partial charge in [-0.05, 0) is 24.3 Å². The molecule has 1 aromatic rings. The van der Waals surface area contributed by atoms with E-state index in [1.807, 2.05) is 0 Å². The zero-order valence-corrected chi connectivity index (χ0v) is 12.0. The summed E-state index contributed by atoms with van der Waals surface area (Å²) >= 11 is 1.20. The standard InChI is InChI=1S/C12H17NO3S2/c1-2-11(14)10-6-3-4-8-13(10)18(15,16)12-7-5-9-17-12/h5,7,9-10H,2-4,6,8H2,1H3/t10-/m0/s1. The Balaban J connectivity index is 2.32. The molecule has 0 amide bonds. The van der Waals surface area contributed by atoms with E-state index in [4.69, 9.17) is 0 Å². The van der Waals surface area contributed by atoms with Crippen molar-refractivity contribution in [3.63, 3.8) is 0 Å². The van der Waals surface area contributed by atoms with Crippen LogP contribution in [0, 0.1) is 0 Å². The molecule has 0 unspecified atom stereocenters. The molecular weight excluding hydrogens is 270 g/mol. The minimum atomic E-state index is -3.49. The van der Waals surface area contributed by atoms with E-state index in [9.17, 15) is 13.2 Å². The number of thiophene rings is 1.